The molecule has 1 aromatic carbocycles. The Morgan fingerprint density at radius 3 is 1.69 bits per heavy atom. The molecular weight excluding hydrogens is 275 g/mol. The molecular formula is C9H12O3Sn. The summed E-state index contributed by atoms with van der Waals surface area (Å²) in [7, 11) is 4.85. The van der Waals surface area contributed by atoms with E-state index in [1.54, 1.807) is 21.3 Å². The second kappa shape index (κ2) is 4.60. The van der Waals surface area contributed by atoms with Crippen molar-refractivity contribution < 1.29 is 14.2 Å². The summed E-state index contributed by atoms with van der Waals surface area (Å²) in [6, 6.07) is 3.92. The molecule has 2 radical (unpaired) electrons. The van der Waals surface area contributed by atoms with Crippen LogP contribution in [0.3, 0.4) is 0 Å². The van der Waals surface area contributed by atoms with Gasteiger partial charge in [-0.05, 0) is 0 Å². The Bertz CT molecular complexity index is 274. The van der Waals surface area contributed by atoms with Crippen LogP contribution in [0.2, 0.25) is 0 Å². The zero-order chi connectivity index (χ0) is 9.84. The van der Waals surface area contributed by atoms with Crippen molar-refractivity contribution in [3.8, 4) is 17.2 Å². The zero-order valence-electron chi connectivity index (χ0n) is 7.96. The molecule has 4 heteroatoms. The predicted octanol–water partition coefficient (Wildman–Crippen LogP) is 0.238. The number of benzene rings is 1. The Morgan fingerprint density at radius 1 is 0.923 bits per heavy atom. The molecule has 0 atom stereocenters. The molecule has 0 fully saturated rings. The predicted molar refractivity (Wildman–Crippen MR) is 52.9 cm³/mol. The van der Waals surface area contributed by atoms with E-state index in [2.05, 4.69) is 0 Å². The quantitative estimate of drug-likeness (QED) is 0.745. The van der Waals surface area contributed by atoms with Crippen LogP contribution in [0.4, 0.5) is 0 Å². The zero-order valence-corrected chi connectivity index (χ0v) is 11.3. The van der Waals surface area contributed by atoms with E-state index in [-0.39, 0.29) is 0 Å². The molecule has 0 aliphatic carbocycles. The van der Waals surface area contributed by atoms with Crippen molar-refractivity contribution in [3.05, 3.63) is 12.1 Å². The maximum atomic E-state index is 5.18. The molecule has 70 valence electrons. The number of hydrogen-bond donors (Lipinski definition) is 0. The average Bonchev–Trinajstić information content (AvgIpc) is 2.16. The molecule has 0 unspecified atom stereocenters. The fraction of sp³-hybridized carbons (Fsp3) is 0.333. The van der Waals surface area contributed by atoms with Crippen molar-refractivity contribution in [1.82, 2.24) is 0 Å². The molecule has 1 rings (SSSR count). The summed E-state index contributed by atoms with van der Waals surface area (Å²) in [5.41, 5.74) is 0. The van der Waals surface area contributed by atoms with E-state index in [0.717, 1.165) is 34.0 Å². The molecule has 0 saturated heterocycles. The van der Waals surface area contributed by atoms with Crippen LogP contribution >= 0.6 is 0 Å². The molecule has 0 aromatic heterocycles. The van der Waals surface area contributed by atoms with E-state index in [1.807, 2.05) is 12.1 Å². The van der Waals surface area contributed by atoms with Crippen LogP contribution < -0.4 is 17.8 Å². The van der Waals surface area contributed by atoms with Crippen molar-refractivity contribution in [2.75, 3.05) is 21.3 Å². The normalized spacial score (nSPS) is 9.54. The maximum absolute atomic E-state index is 5.18. The van der Waals surface area contributed by atoms with Gasteiger partial charge < -0.3 is 0 Å². The van der Waals surface area contributed by atoms with Gasteiger partial charge in [0.05, 0.1) is 0 Å². The molecule has 3 nitrogen and oxygen atoms in total. The Labute approximate surface area is 91.1 Å². The molecule has 0 saturated carbocycles. The molecule has 0 bridgehead atoms. The Morgan fingerprint density at radius 2 is 1.38 bits per heavy atom. The first-order valence-corrected chi connectivity index (χ1v) is 5.43. The van der Waals surface area contributed by atoms with Crippen molar-refractivity contribution in [3.63, 3.8) is 0 Å². The standard InChI is InChI=1S/C9H11O3.Sn.H/c1-10-7-5-4-6-8(11-2)9(7)12-3;;/h5-6H,1-3H3;;. The summed E-state index contributed by atoms with van der Waals surface area (Å²) in [5.74, 6) is 2.11. The van der Waals surface area contributed by atoms with Gasteiger partial charge in [0.15, 0.2) is 0 Å². The molecule has 0 N–H and O–H groups in total. The fourth-order valence-electron chi connectivity index (χ4n) is 1.10. The molecule has 0 spiro atoms. The second-order valence-electron chi connectivity index (χ2n) is 2.46. The van der Waals surface area contributed by atoms with Crippen molar-refractivity contribution in [1.29, 1.82) is 0 Å². The minimum absolute atomic E-state index is 0.656. The van der Waals surface area contributed by atoms with Crippen LogP contribution in [0, 0.1) is 0 Å². The summed E-state index contributed by atoms with van der Waals surface area (Å²) in [6.45, 7) is 0. The summed E-state index contributed by atoms with van der Waals surface area (Å²) in [4.78, 5) is 0. The van der Waals surface area contributed by atoms with Gasteiger partial charge >= 0.3 is 91.0 Å². The monoisotopic (exact) mass is 288 g/mol. The SMILES string of the molecule is COc1c[c]([SnH])cc(OC)c1OC. The number of hydrogen-bond acceptors (Lipinski definition) is 3. The van der Waals surface area contributed by atoms with E-state index in [9.17, 15) is 0 Å². The van der Waals surface area contributed by atoms with Crippen molar-refractivity contribution in [2.24, 2.45) is 0 Å². The van der Waals surface area contributed by atoms with Gasteiger partial charge in [-0.1, -0.05) is 0 Å². The minimum atomic E-state index is 0.656. The van der Waals surface area contributed by atoms with E-state index >= 15 is 0 Å². The number of methoxy groups -OCH3 is 3. The van der Waals surface area contributed by atoms with Gasteiger partial charge in [-0.15, -0.1) is 0 Å². The van der Waals surface area contributed by atoms with Gasteiger partial charge in [-0.3, -0.25) is 0 Å². The molecule has 13 heavy (non-hydrogen) atoms. The van der Waals surface area contributed by atoms with E-state index < -0.39 is 0 Å². The van der Waals surface area contributed by atoms with Gasteiger partial charge in [0.25, 0.3) is 0 Å². The Balaban J connectivity index is 3.25. The Kier molecular flexibility index (Phi) is 3.71. The summed E-state index contributed by atoms with van der Waals surface area (Å²) in [6.07, 6.45) is 0. The molecule has 0 amide bonds. The second-order valence-corrected chi connectivity index (χ2v) is 4.36. The summed E-state index contributed by atoms with van der Waals surface area (Å²) < 4.78 is 16.7. The van der Waals surface area contributed by atoms with Crippen LogP contribution in [-0.4, -0.2) is 43.9 Å². The molecule has 0 aliphatic rings. The summed E-state index contributed by atoms with van der Waals surface area (Å²) >= 11 is 1.03. The van der Waals surface area contributed by atoms with E-state index in [0.29, 0.717) is 5.75 Å². The van der Waals surface area contributed by atoms with Crippen molar-refractivity contribution >= 4 is 26.1 Å². The van der Waals surface area contributed by atoms with E-state index in [1.165, 1.54) is 3.58 Å². The van der Waals surface area contributed by atoms with Gasteiger partial charge in [-0.25, -0.2) is 0 Å². The van der Waals surface area contributed by atoms with Crippen LogP contribution in [-0.2, 0) is 0 Å². The van der Waals surface area contributed by atoms with Crippen LogP contribution in [0.5, 0.6) is 17.2 Å². The van der Waals surface area contributed by atoms with Crippen LogP contribution in [0.15, 0.2) is 12.1 Å². The first-order chi connectivity index (χ1) is 6.22. The van der Waals surface area contributed by atoms with Crippen LogP contribution in [0.25, 0.3) is 0 Å². The molecule has 0 aliphatic heterocycles. The first-order valence-electron chi connectivity index (χ1n) is 3.78. The Hall–Kier alpha value is -0.581. The number of ether oxygens (including phenoxy) is 3. The fourth-order valence-corrected chi connectivity index (χ4v) is 1.97. The number of rotatable bonds is 3. The third-order valence-electron chi connectivity index (χ3n) is 1.69. The van der Waals surface area contributed by atoms with E-state index in [4.69, 9.17) is 14.2 Å². The third kappa shape index (κ3) is 2.21. The topological polar surface area (TPSA) is 27.7 Å². The van der Waals surface area contributed by atoms with Gasteiger partial charge in [0, 0.05) is 0 Å². The van der Waals surface area contributed by atoms with Crippen molar-refractivity contribution in [2.45, 2.75) is 0 Å². The van der Waals surface area contributed by atoms with Crippen LogP contribution in [0.1, 0.15) is 0 Å². The molecule has 0 heterocycles. The average molecular weight is 287 g/mol. The van der Waals surface area contributed by atoms with Gasteiger partial charge in [0.2, 0.25) is 0 Å². The third-order valence-corrected chi connectivity index (χ3v) is 2.64. The molecule has 1 aromatic rings. The van der Waals surface area contributed by atoms with Gasteiger partial charge in [-0.2, -0.15) is 0 Å². The van der Waals surface area contributed by atoms with Gasteiger partial charge in [0.1, 0.15) is 0 Å². The first kappa shape index (κ1) is 10.5. The summed E-state index contributed by atoms with van der Waals surface area (Å²) in [5, 5.41) is 0.